The van der Waals surface area contributed by atoms with E-state index in [9.17, 15) is 0 Å². The highest BCUT2D eigenvalue weighted by atomic mass is 14.5. The van der Waals surface area contributed by atoms with Crippen LogP contribution in [0.1, 0.15) is 46.0 Å². The van der Waals surface area contributed by atoms with E-state index in [0.717, 1.165) is 11.8 Å². The average Bonchev–Trinajstić information content (AvgIpc) is 2.38. The zero-order chi connectivity index (χ0) is 10.2. The lowest BCUT2D eigenvalue weighted by Gasteiger charge is -2.35. The van der Waals surface area contributed by atoms with Gasteiger partial charge in [0.1, 0.15) is 0 Å². The Hall–Kier alpha value is -0.520. The van der Waals surface area contributed by atoms with Gasteiger partial charge in [0.05, 0.1) is 0 Å². The molecule has 0 N–H and O–H groups in total. The Morgan fingerprint density at radius 3 is 2.93 bits per heavy atom. The molecule has 0 aromatic carbocycles. The summed E-state index contributed by atoms with van der Waals surface area (Å²) < 4.78 is 0. The topological polar surface area (TPSA) is 0 Å². The van der Waals surface area contributed by atoms with Gasteiger partial charge in [0, 0.05) is 0 Å². The molecule has 78 valence electrons. The fourth-order valence-electron chi connectivity index (χ4n) is 3.53. The van der Waals surface area contributed by atoms with E-state index in [-0.39, 0.29) is 0 Å². The number of allylic oxidation sites excluding steroid dienone is 3. The summed E-state index contributed by atoms with van der Waals surface area (Å²) in [6, 6.07) is 0. The molecule has 2 aliphatic carbocycles. The molecule has 2 aliphatic rings. The zero-order valence-electron chi connectivity index (χ0n) is 9.55. The first-order chi connectivity index (χ1) is 6.67. The first-order valence-electron chi connectivity index (χ1n) is 5.99. The van der Waals surface area contributed by atoms with Crippen molar-refractivity contribution >= 4 is 0 Å². The summed E-state index contributed by atoms with van der Waals surface area (Å²) in [5.41, 5.74) is 1.89. The van der Waals surface area contributed by atoms with Crippen LogP contribution in [0.2, 0.25) is 0 Å². The predicted molar refractivity (Wildman–Crippen MR) is 62.1 cm³/mol. The Balaban J connectivity index is 2.34. The monoisotopic (exact) mass is 190 g/mol. The molecule has 0 saturated heterocycles. The highest BCUT2D eigenvalue weighted by Gasteiger charge is 2.45. The van der Waals surface area contributed by atoms with Crippen LogP contribution >= 0.6 is 0 Å². The maximum Gasteiger partial charge on any atom is -0.00281 e. The number of hydrogen-bond donors (Lipinski definition) is 0. The number of fused-ring (bicyclic) bond motifs is 1. The molecule has 1 saturated carbocycles. The molecule has 3 atom stereocenters. The minimum Gasteiger partial charge on any atom is -0.0996 e. The molecule has 0 nitrogen and oxygen atoms in total. The summed E-state index contributed by atoms with van der Waals surface area (Å²) in [5.74, 6) is 1.64. The van der Waals surface area contributed by atoms with Gasteiger partial charge in [-0.2, -0.15) is 0 Å². The van der Waals surface area contributed by atoms with Crippen molar-refractivity contribution in [2.24, 2.45) is 17.3 Å². The van der Waals surface area contributed by atoms with E-state index in [2.05, 4.69) is 32.6 Å². The quantitative estimate of drug-likeness (QED) is 0.540. The zero-order valence-corrected chi connectivity index (χ0v) is 9.55. The maximum absolute atomic E-state index is 4.25. The van der Waals surface area contributed by atoms with Crippen molar-refractivity contribution in [2.45, 2.75) is 46.0 Å². The van der Waals surface area contributed by atoms with E-state index in [1.54, 1.807) is 0 Å². The van der Waals surface area contributed by atoms with Gasteiger partial charge in [0.2, 0.25) is 0 Å². The third kappa shape index (κ3) is 1.36. The van der Waals surface area contributed by atoms with E-state index in [1.807, 2.05) is 0 Å². The first-order valence-corrected chi connectivity index (χ1v) is 5.99. The van der Waals surface area contributed by atoms with Crippen LogP contribution in [0.3, 0.4) is 0 Å². The fraction of sp³-hybridized carbons (Fsp3) is 0.714. The summed E-state index contributed by atoms with van der Waals surface area (Å²) in [6.07, 6.45) is 11.6. The first kappa shape index (κ1) is 10.0. The SMILES string of the molecule is C=C(C)C12CCCC=CC1C(C)CC2. The molecule has 0 amide bonds. The van der Waals surface area contributed by atoms with Crippen LogP contribution in [0.4, 0.5) is 0 Å². The number of rotatable bonds is 1. The van der Waals surface area contributed by atoms with Crippen molar-refractivity contribution < 1.29 is 0 Å². The molecule has 0 radical (unpaired) electrons. The number of hydrogen-bond acceptors (Lipinski definition) is 0. The normalized spacial score (nSPS) is 41.9. The van der Waals surface area contributed by atoms with E-state index < -0.39 is 0 Å². The Bertz CT molecular complexity index is 261. The second-order valence-electron chi connectivity index (χ2n) is 5.30. The predicted octanol–water partition coefficient (Wildman–Crippen LogP) is 4.34. The summed E-state index contributed by atoms with van der Waals surface area (Å²) in [6.45, 7) is 8.90. The van der Waals surface area contributed by atoms with Crippen molar-refractivity contribution in [3.8, 4) is 0 Å². The Morgan fingerprint density at radius 2 is 2.21 bits per heavy atom. The van der Waals surface area contributed by atoms with Gasteiger partial charge in [0.25, 0.3) is 0 Å². The molecule has 3 unspecified atom stereocenters. The minimum absolute atomic E-state index is 0.465. The molecule has 14 heavy (non-hydrogen) atoms. The van der Waals surface area contributed by atoms with Crippen molar-refractivity contribution in [3.63, 3.8) is 0 Å². The van der Waals surface area contributed by atoms with E-state index >= 15 is 0 Å². The smallest absolute Gasteiger partial charge is 0.00281 e. The van der Waals surface area contributed by atoms with Gasteiger partial charge in [-0.1, -0.05) is 31.2 Å². The van der Waals surface area contributed by atoms with Gasteiger partial charge >= 0.3 is 0 Å². The van der Waals surface area contributed by atoms with Crippen LogP contribution < -0.4 is 0 Å². The highest BCUT2D eigenvalue weighted by molar-refractivity contribution is 5.19. The second-order valence-corrected chi connectivity index (χ2v) is 5.30. The van der Waals surface area contributed by atoms with Crippen molar-refractivity contribution in [3.05, 3.63) is 24.3 Å². The molecule has 0 aromatic heterocycles. The molecular formula is C14H22. The lowest BCUT2D eigenvalue weighted by Crippen LogP contribution is -2.26. The molecule has 1 fully saturated rings. The highest BCUT2D eigenvalue weighted by Crippen LogP contribution is 2.55. The maximum atomic E-state index is 4.25. The minimum atomic E-state index is 0.465. The van der Waals surface area contributed by atoms with E-state index in [1.165, 1.54) is 37.7 Å². The average molecular weight is 190 g/mol. The van der Waals surface area contributed by atoms with Crippen LogP contribution in [0, 0.1) is 17.3 Å². The molecule has 2 rings (SSSR count). The van der Waals surface area contributed by atoms with Crippen LogP contribution in [0.25, 0.3) is 0 Å². The largest absolute Gasteiger partial charge is 0.0996 e. The Labute approximate surface area is 88.1 Å². The van der Waals surface area contributed by atoms with Crippen LogP contribution in [0.5, 0.6) is 0 Å². The molecular weight excluding hydrogens is 168 g/mol. The van der Waals surface area contributed by atoms with Crippen molar-refractivity contribution in [1.82, 2.24) is 0 Å². The van der Waals surface area contributed by atoms with Crippen molar-refractivity contribution in [1.29, 1.82) is 0 Å². The Kier molecular flexibility index (Phi) is 2.55. The van der Waals surface area contributed by atoms with Crippen LogP contribution in [-0.4, -0.2) is 0 Å². The van der Waals surface area contributed by atoms with E-state index in [4.69, 9.17) is 0 Å². The molecule has 0 aromatic rings. The van der Waals surface area contributed by atoms with Gasteiger partial charge in [-0.15, -0.1) is 0 Å². The molecule has 0 spiro atoms. The summed E-state index contributed by atoms with van der Waals surface area (Å²) >= 11 is 0. The van der Waals surface area contributed by atoms with Gasteiger partial charge in [0.15, 0.2) is 0 Å². The van der Waals surface area contributed by atoms with Crippen molar-refractivity contribution in [2.75, 3.05) is 0 Å². The molecule has 0 aliphatic heterocycles. The van der Waals surface area contributed by atoms with E-state index in [0.29, 0.717) is 5.41 Å². The van der Waals surface area contributed by atoms with Crippen LogP contribution in [-0.2, 0) is 0 Å². The fourth-order valence-corrected chi connectivity index (χ4v) is 3.53. The third-order valence-corrected chi connectivity index (χ3v) is 4.48. The lowest BCUT2D eigenvalue weighted by atomic mass is 9.69. The summed E-state index contributed by atoms with van der Waals surface area (Å²) in [5, 5.41) is 0. The summed E-state index contributed by atoms with van der Waals surface area (Å²) in [4.78, 5) is 0. The summed E-state index contributed by atoms with van der Waals surface area (Å²) in [7, 11) is 0. The van der Waals surface area contributed by atoms with Gasteiger partial charge in [-0.3, -0.25) is 0 Å². The van der Waals surface area contributed by atoms with Gasteiger partial charge in [-0.05, 0) is 56.3 Å². The standard InChI is InChI=1S/C14H22/c1-11(2)14-9-6-4-5-7-13(14)12(3)8-10-14/h5,7,12-13H,1,4,6,8-10H2,2-3H3. The second kappa shape index (κ2) is 3.56. The van der Waals surface area contributed by atoms with Crippen LogP contribution in [0.15, 0.2) is 24.3 Å². The molecule has 0 heterocycles. The molecule has 0 bridgehead atoms. The Morgan fingerprint density at radius 1 is 1.43 bits per heavy atom. The van der Waals surface area contributed by atoms with Gasteiger partial charge < -0.3 is 0 Å². The molecule has 0 heteroatoms. The lowest BCUT2D eigenvalue weighted by molar-refractivity contribution is 0.254. The third-order valence-electron chi connectivity index (χ3n) is 4.48. The van der Waals surface area contributed by atoms with Gasteiger partial charge in [-0.25, -0.2) is 0 Å².